The number of carbonyl (C=O) groups is 2. The van der Waals surface area contributed by atoms with Gasteiger partial charge in [0.1, 0.15) is 17.2 Å². The van der Waals surface area contributed by atoms with Crippen LogP contribution in [0.3, 0.4) is 0 Å². The Labute approximate surface area is 155 Å². The number of aliphatic hydroxyl groups excluding tert-OH is 1. The summed E-state index contributed by atoms with van der Waals surface area (Å²) >= 11 is 0. The number of aliphatic carboxylic acids is 1. The summed E-state index contributed by atoms with van der Waals surface area (Å²) in [7, 11) is 0. The van der Waals surface area contributed by atoms with Crippen LogP contribution in [-0.4, -0.2) is 59.5 Å². The number of ether oxygens (including phenoxy) is 1. The van der Waals surface area contributed by atoms with Gasteiger partial charge in [0.15, 0.2) is 0 Å². The molecule has 4 N–H and O–H groups in total. The zero-order valence-corrected chi connectivity index (χ0v) is 15.0. The van der Waals surface area contributed by atoms with Crippen LogP contribution in [0.15, 0.2) is 18.2 Å². The van der Waals surface area contributed by atoms with Crippen molar-refractivity contribution >= 4 is 11.9 Å². The second-order valence-corrected chi connectivity index (χ2v) is 6.74. The van der Waals surface area contributed by atoms with E-state index in [9.17, 15) is 28.6 Å². The fourth-order valence-electron chi connectivity index (χ4n) is 3.16. The minimum absolute atomic E-state index is 0.0136. The summed E-state index contributed by atoms with van der Waals surface area (Å²) in [5.41, 5.74) is -0.949. The first-order valence-corrected chi connectivity index (χ1v) is 8.68. The van der Waals surface area contributed by atoms with E-state index in [2.05, 4.69) is 10.6 Å². The Balaban J connectivity index is 2.08. The molecule has 2 rings (SSSR count). The number of benzene rings is 1. The van der Waals surface area contributed by atoms with Gasteiger partial charge in [0.05, 0.1) is 12.1 Å². The van der Waals surface area contributed by atoms with Crippen LogP contribution in [-0.2, 0) is 20.7 Å². The zero-order valence-electron chi connectivity index (χ0n) is 15.0. The van der Waals surface area contributed by atoms with Gasteiger partial charge in [0, 0.05) is 32.7 Å². The van der Waals surface area contributed by atoms with Crippen LogP contribution in [0.2, 0.25) is 0 Å². The van der Waals surface area contributed by atoms with Gasteiger partial charge in [-0.25, -0.2) is 8.78 Å². The molecule has 0 saturated carbocycles. The molecular weight excluding hydrogens is 362 g/mol. The lowest BCUT2D eigenvalue weighted by molar-refractivity contribution is -0.149. The summed E-state index contributed by atoms with van der Waals surface area (Å²) in [6, 6.07) is 2.13. The SMILES string of the molecule is CC(=O)NC(Cc1cc(F)cc(F)c1)C(O)CNC1(C(=O)O)CCOCC1. The zero-order chi connectivity index (χ0) is 20.0. The van der Waals surface area contributed by atoms with E-state index in [0.29, 0.717) is 0 Å². The van der Waals surface area contributed by atoms with E-state index in [-0.39, 0.29) is 44.6 Å². The molecule has 1 aromatic carbocycles. The maximum atomic E-state index is 13.4. The third kappa shape index (κ3) is 5.95. The highest BCUT2D eigenvalue weighted by Crippen LogP contribution is 2.21. The van der Waals surface area contributed by atoms with Crippen molar-refractivity contribution in [2.45, 2.75) is 43.9 Å². The van der Waals surface area contributed by atoms with Gasteiger partial charge in [0.25, 0.3) is 0 Å². The maximum absolute atomic E-state index is 13.4. The van der Waals surface area contributed by atoms with E-state index < -0.39 is 41.2 Å². The maximum Gasteiger partial charge on any atom is 0.324 e. The average Bonchev–Trinajstić information content (AvgIpc) is 2.58. The predicted octanol–water partition coefficient (Wildman–Crippen LogP) is 0.596. The predicted molar refractivity (Wildman–Crippen MR) is 92.1 cm³/mol. The standard InChI is InChI=1S/C18H24F2N2O5/c1-11(23)22-15(8-12-6-13(19)9-14(20)7-12)16(24)10-21-18(17(25)26)2-4-27-5-3-18/h6-7,9,15-16,21,24H,2-5,8,10H2,1H3,(H,22,23)(H,25,26). The first-order chi connectivity index (χ1) is 12.7. The van der Waals surface area contributed by atoms with Crippen molar-refractivity contribution in [2.75, 3.05) is 19.8 Å². The summed E-state index contributed by atoms with van der Waals surface area (Å²) in [6.07, 6.45) is -0.691. The van der Waals surface area contributed by atoms with E-state index in [4.69, 9.17) is 4.74 Å². The van der Waals surface area contributed by atoms with Crippen LogP contribution in [0.4, 0.5) is 8.78 Å². The topological polar surface area (TPSA) is 108 Å². The first kappa shape index (κ1) is 21.2. The lowest BCUT2D eigenvalue weighted by atomic mass is 9.89. The number of nitrogens with one attached hydrogen (secondary N) is 2. The van der Waals surface area contributed by atoms with Gasteiger partial charge in [-0.05, 0) is 37.0 Å². The number of aliphatic hydroxyl groups is 1. The van der Waals surface area contributed by atoms with E-state index in [0.717, 1.165) is 18.2 Å². The Morgan fingerprint density at radius 2 is 1.81 bits per heavy atom. The second-order valence-electron chi connectivity index (χ2n) is 6.74. The number of rotatable bonds is 8. The van der Waals surface area contributed by atoms with Crippen LogP contribution in [0.25, 0.3) is 0 Å². The third-order valence-electron chi connectivity index (χ3n) is 4.64. The van der Waals surface area contributed by atoms with Crippen molar-refractivity contribution in [3.8, 4) is 0 Å². The summed E-state index contributed by atoms with van der Waals surface area (Å²) in [5.74, 6) is -2.98. The molecule has 0 aliphatic carbocycles. The number of hydrogen-bond donors (Lipinski definition) is 4. The Bertz CT molecular complexity index is 659. The molecule has 2 unspecified atom stereocenters. The number of amides is 1. The minimum Gasteiger partial charge on any atom is -0.480 e. The molecule has 1 aliphatic rings. The van der Waals surface area contributed by atoms with Crippen molar-refractivity contribution in [1.29, 1.82) is 0 Å². The molecule has 1 fully saturated rings. The van der Waals surface area contributed by atoms with Crippen LogP contribution < -0.4 is 10.6 Å². The molecule has 7 nitrogen and oxygen atoms in total. The Hall–Kier alpha value is -2.10. The van der Waals surface area contributed by atoms with E-state index in [1.165, 1.54) is 6.92 Å². The average molecular weight is 386 g/mol. The van der Waals surface area contributed by atoms with Crippen molar-refractivity contribution in [3.63, 3.8) is 0 Å². The largest absolute Gasteiger partial charge is 0.480 e. The molecule has 0 radical (unpaired) electrons. The van der Waals surface area contributed by atoms with E-state index in [1.54, 1.807) is 0 Å². The van der Waals surface area contributed by atoms with Gasteiger partial charge >= 0.3 is 5.97 Å². The second kappa shape index (κ2) is 9.20. The highest BCUT2D eigenvalue weighted by atomic mass is 19.1. The summed E-state index contributed by atoms with van der Waals surface area (Å²) in [4.78, 5) is 23.1. The van der Waals surface area contributed by atoms with Gasteiger partial charge in [0.2, 0.25) is 5.91 Å². The molecule has 1 saturated heterocycles. The Kier molecular flexibility index (Phi) is 7.23. The number of carboxylic acids is 1. The van der Waals surface area contributed by atoms with Crippen molar-refractivity contribution < 1.29 is 33.3 Å². The van der Waals surface area contributed by atoms with Crippen molar-refractivity contribution in [3.05, 3.63) is 35.4 Å². The van der Waals surface area contributed by atoms with Crippen LogP contribution in [0, 0.1) is 11.6 Å². The number of hydrogen-bond acceptors (Lipinski definition) is 5. The van der Waals surface area contributed by atoms with Crippen LogP contribution in [0.5, 0.6) is 0 Å². The summed E-state index contributed by atoms with van der Waals surface area (Å²) < 4.78 is 32.0. The highest BCUT2D eigenvalue weighted by molar-refractivity contribution is 5.79. The first-order valence-electron chi connectivity index (χ1n) is 8.68. The third-order valence-corrected chi connectivity index (χ3v) is 4.64. The Morgan fingerprint density at radius 1 is 1.22 bits per heavy atom. The molecule has 0 aromatic heterocycles. The molecule has 0 spiro atoms. The highest BCUT2D eigenvalue weighted by Gasteiger charge is 2.40. The molecule has 150 valence electrons. The Morgan fingerprint density at radius 3 is 2.33 bits per heavy atom. The monoisotopic (exact) mass is 386 g/mol. The molecule has 2 atom stereocenters. The molecule has 27 heavy (non-hydrogen) atoms. The van der Waals surface area contributed by atoms with Crippen LogP contribution >= 0.6 is 0 Å². The van der Waals surface area contributed by atoms with Crippen molar-refractivity contribution in [1.82, 2.24) is 10.6 Å². The van der Waals surface area contributed by atoms with Gasteiger partial charge in [-0.2, -0.15) is 0 Å². The molecule has 9 heteroatoms. The fourth-order valence-corrected chi connectivity index (χ4v) is 3.16. The number of carbonyl (C=O) groups excluding carboxylic acids is 1. The lowest BCUT2D eigenvalue weighted by Gasteiger charge is -2.35. The van der Waals surface area contributed by atoms with Gasteiger partial charge in [-0.3, -0.25) is 14.9 Å². The smallest absolute Gasteiger partial charge is 0.324 e. The molecular formula is C18H24F2N2O5. The van der Waals surface area contributed by atoms with Gasteiger partial charge < -0.3 is 20.3 Å². The van der Waals surface area contributed by atoms with E-state index in [1.807, 2.05) is 0 Å². The quantitative estimate of drug-likeness (QED) is 0.521. The molecule has 1 aromatic rings. The van der Waals surface area contributed by atoms with Gasteiger partial charge in [-0.15, -0.1) is 0 Å². The fraction of sp³-hybridized carbons (Fsp3) is 0.556. The molecule has 1 amide bonds. The van der Waals surface area contributed by atoms with Crippen LogP contribution in [0.1, 0.15) is 25.3 Å². The summed E-state index contributed by atoms with van der Waals surface area (Å²) in [5, 5.41) is 25.4. The molecule has 1 heterocycles. The molecule has 1 aliphatic heterocycles. The summed E-state index contributed by atoms with van der Waals surface area (Å²) in [6.45, 7) is 1.71. The van der Waals surface area contributed by atoms with Gasteiger partial charge in [-0.1, -0.05) is 0 Å². The lowest BCUT2D eigenvalue weighted by Crippen LogP contribution is -2.59. The number of β-amino-alcohol motifs (C(OH)–C–C–N with tert-alkyl or cyclic N) is 1. The number of halogens is 2. The normalized spacial score (nSPS) is 18.5. The van der Waals surface area contributed by atoms with Crippen molar-refractivity contribution in [2.24, 2.45) is 0 Å². The number of carboxylic acid groups (broad SMARTS) is 1. The molecule has 0 bridgehead atoms. The van der Waals surface area contributed by atoms with E-state index >= 15 is 0 Å². The minimum atomic E-state index is -1.22.